The van der Waals surface area contributed by atoms with E-state index in [9.17, 15) is 0 Å². The van der Waals surface area contributed by atoms with E-state index in [2.05, 4.69) is 155 Å². The molecule has 0 unspecified atom stereocenters. The average Bonchev–Trinajstić information content (AvgIpc) is 3.72. The summed E-state index contributed by atoms with van der Waals surface area (Å²) in [6.45, 7) is 5.96. The molecule has 0 spiro atoms. The highest BCUT2D eigenvalue weighted by Gasteiger charge is 2.24. The van der Waals surface area contributed by atoms with Crippen LogP contribution in [-0.4, -0.2) is 19.1 Å². The summed E-state index contributed by atoms with van der Waals surface area (Å²) in [5.41, 5.74) is 9.41. The zero-order valence-corrected chi connectivity index (χ0v) is 29.2. The van der Waals surface area contributed by atoms with E-state index < -0.39 is 0 Å². The Hall–Kier alpha value is -7.04. The van der Waals surface area contributed by atoms with Crippen LogP contribution in [-0.2, 0) is 0 Å². The minimum absolute atomic E-state index is 0.650. The SMILES string of the molecule is C=C/C=C(\C=C/C)c1ncc(-n2c3ccc4ccccc4c3c3c4c5cc6ccccc6cc5n(-c5ccccc5)c4ccc32)c(-c2ccccc2)n1. The van der Waals surface area contributed by atoms with Gasteiger partial charge in [-0.1, -0.05) is 134 Å². The fourth-order valence-electron chi connectivity index (χ4n) is 8.17. The molecule has 0 fully saturated rings. The molecule has 250 valence electrons. The van der Waals surface area contributed by atoms with E-state index in [1.807, 2.05) is 37.4 Å². The average molecular weight is 679 g/mol. The first kappa shape index (κ1) is 30.8. The number of benzene rings is 7. The van der Waals surface area contributed by atoms with Crippen molar-refractivity contribution in [3.63, 3.8) is 0 Å². The third-order valence-electron chi connectivity index (χ3n) is 10.4. The molecule has 0 radical (unpaired) electrons. The van der Waals surface area contributed by atoms with Crippen molar-refractivity contribution in [3.05, 3.63) is 188 Å². The third kappa shape index (κ3) is 4.77. The lowest BCUT2D eigenvalue weighted by Crippen LogP contribution is -2.04. The van der Waals surface area contributed by atoms with Crippen molar-refractivity contribution >= 4 is 70.7 Å². The maximum Gasteiger partial charge on any atom is 0.159 e. The normalized spacial score (nSPS) is 12.4. The lowest BCUT2D eigenvalue weighted by Gasteiger charge is -2.15. The van der Waals surface area contributed by atoms with Gasteiger partial charge in [-0.15, -0.1) is 0 Å². The highest BCUT2D eigenvalue weighted by molar-refractivity contribution is 6.34. The summed E-state index contributed by atoms with van der Waals surface area (Å²) in [6, 6.07) is 52.4. The van der Waals surface area contributed by atoms with Crippen molar-refractivity contribution < 1.29 is 0 Å². The fourth-order valence-corrected chi connectivity index (χ4v) is 8.17. The molecule has 0 aliphatic heterocycles. The number of fused-ring (bicyclic) bond motifs is 10. The molecule has 4 heteroatoms. The Morgan fingerprint density at radius 1 is 0.585 bits per heavy atom. The topological polar surface area (TPSA) is 35.6 Å². The van der Waals surface area contributed by atoms with E-state index >= 15 is 0 Å². The standard InChI is InChI=1S/C49H34N4/c1-3-15-34(16-4-2)49-50-31-44(48(51-49)33-18-7-5-8-19-33)53-41-26-25-32-17-13-14-24-38(32)45(41)47-42(53)28-27-40-46(47)39-29-35-20-11-12-21-36(35)30-43(39)52(40)37-22-9-6-10-23-37/h3-31H,1H2,2H3/b16-4-,34-15+. The summed E-state index contributed by atoms with van der Waals surface area (Å²) in [5.74, 6) is 0.650. The van der Waals surface area contributed by atoms with Gasteiger partial charge in [-0.25, -0.2) is 9.97 Å². The second-order valence-corrected chi connectivity index (χ2v) is 13.4. The first-order chi connectivity index (χ1) is 26.2. The Morgan fingerprint density at radius 3 is 1.96 bits per heavy atom. The van der Waals surface area contributed by atoms with Gasteiger partial charge in [-0.2, -0.15) is 0 Å². The molecule has 0 saturated carbocycles. The lowest BCUT2D eigenvalue weighted by atomic mass is 9.99. The molecule has 0 aliphatic rings. The molecule has 53 heavy (non-hydrogen) atoms. The summed E-state index contributed by atoms with van der Waals surface area (Å²) in [4.78, 5) is 10.3. The maximum absolute atomic E-state index is 5.30. The van der Waals surface area contributed by atoms with Crippen molar-refractivity contribution in [3.8, 4) is 22.6 Å². The van der Waals surface area contributed by atoms with Gasteiger partial charge in [0.05, 0.1) is 39.6 Å². The molecule has 3 heterocycles. The Bertz CT molecular complexity index is 3120. The summed E-state index contributed by atoms with van der Waals surface area (Å²) < 4.78 is 4.80. The van der Waals surface area contributed by atoms with E-state index in [0.717, 1.165) is 39.2 Å². The molecule has 4 nitrogen and oxygen atoms in total. The number of rotatable bonds is 6. The van der Waals surface area contributed by atoms with Gasteiger partial charge in [-0.3, -0.25) is 0 Å². The third-order valence-corrected chi connectivity index (χ3v) is 10.4. The van der Waals surface area contributed by atoms with Gasteiger partial charge in [0.2, 0.25) is 0 Å². The Kier molecular flexibility index (Phi) is 7.15. The van der Waals surface area contributed by atoms with Crippen LogP contribution in [0, 0.1) is 0 Å². The van der Waals surface area contributed by atoms with Gasteiger partial charge in [0, 0.05) is 38.4 Å². The van der Waals surface area contributed by atoms with Crippen molar-refractivity contribution in [2.24, 2.45) is 0 Å². The Balaban J connectivity index is 1.41. The van der Waals surface area contributed by atoms with Crippen LogP contribution < -0.4 is 0 Å². The largest absolute Gasteiger partial charge is 0.309 e. The van der Waals surface area contributed by atoms with Crippen LogP contribution in [0.5, 0.6) is 0 Å². The summed E-state index contributed by atoms with van der Waals surface area (Å²) in [6.07, 6.45) is 9.77. The smallest absolute Gasteiger partial charge is 0.159 e. The second-order valence-electron chi connectivity index (χ2n) is 13.4. The van der Waals surface area contributed by atoms with Crippen LogP contribution in [0.1, 0.15) is 12.7 Å². The van der Waals surface area contributed by atoms with E-state index in [1.54, 1.807) is 6.08 Å². The molecule has 0 amide bonds. The van der Waals surface area contributed by atoms with Gasteiger partial charge >= 0.3 is 0 Å². The number of allylic oxidation sites excluding steroid dienone is 5. The zero-order valence-electron chi connectivity index (χ0n) is 29.2. The first-order valence-electron chi connectivity index (χ1n) is 18.0. The Labute approximate surface area is 306 Å². The van der Waals surface area contributed by atoms with Crippen LogP contribution >= 0.6 is 0 Å². The van der Waals surface area contributed by atoms with Crippen molar-refractivity contribution in [2.75, 3.05) is 0 Å². The number of hydrogen-bond acceptors (Lipinski definition) is 2. The van der Waals surface area contributed by atoms with Crippen molar-refractivity contribution in [1.29, 1.82) is 0 Å². The van der Waals surface area contributed by atoms with Gasteiger partial charge in [0.15, 0.2) is 5.82 Å². The predicted octanol–water partition coefficient (Wildman–Crippen LogP) is 12.8. The van der Waals surface area contributed by atoms with Crippen LogP contribution in [0.2, 0.25) is 0 Å². The monoisotopic (exact) mass is 678 g/mol. The predicted molar refractivity (Wildman–Crippen MR) is 224 cm³/mol. The van der Waals surface area contributed by atoms with Crippen LogP contribution in [0.3, 0.4) is 0 Å². The minimum atomic E-state index is 0.650. The van der Waals surface area contributed by atoms with Crippen LogP contribution in [0.25, 0.3) is 93.4 Å². The Morgan fingerprint density at radius 2 is 1.21 bits per heavy atom. The summed E-state index contributed by atoms with van der Waals surface area (Å²) in [5, 5.41) is 9.74. The van der Waals surface area contributed by atoms with E-state index in [0.29, 0.717) is 5.82 Å². The van der Waals surface area contributed by atoms with E-state index in [1.165, 1.54) is 54.1 Å². The van der Waals surface area contributed by atoms with Gasteiger partial charge in [0.25, 0.3) is 0 Å². The number of para-hydroxylation sites is 1. The quantitative estimate of drug-likeness (QED) is 0.164. The molecule has 0 bridgehead atoms. The second kappa shape index (κ2) is 12.3. The number of nitrogens with zero attached hydrogens (tertiary/aromatic N) is 4. The summed E-state index contributed by atoms with van der Waals surface area (Å²) in [7, 11) is 0. The van der Waals surface area contributed by atoms with Gasteiger partial charge < -0.3 is 9.13 Å². The molecule has 0 aliphatic carbocycles. The highest BCUT2D eigenvalue weighted by Crippen LogP contribution is 2.46. The molecule has 0 saturated heterocycles. The number of aromatic nitrogens is 4. The van der Waals surface area contributed by atoms with E-state index in [4.69, 9.17) is 9.97 Å². The molecule has 7 aromatic carbocycles. The molecular weight excluding hydrogens is 645 g/mol. The maximum atomic E-state index is 5.30. The molecular formula is C49H34N4. The van der Waals surface area contributed by atoms with Crippen LogP contribution in [0.15, 0.2) is 183 Å². The van der Waals surface area contributed by atoms with Crippen molar-refractivity contribution in [2.45, 2.75) is 6.92 Å². The fraction of sp³-hybridized carbons (Fsp3) is 0.0204. The van der Waals surface area contributed by atoms with Crippen LogP contribution in [0.4, 0.5) is 0 Å². The number of hydrogen-bond donors (Lipinski definition) is 0. The first-order valence-corrected chi connectivity index (χ1v) is 18.0. The molecule has 10 rings (SSSR count). The molecule has 0 N–H and O–H groups in total. The van der Waals surface area contributed by atoms with Gasteiger partial charge in [0.1, 0.15) is 0 Å². The van der Waals surface area contributed by atoms with Crippen molar-refractivity contribution in [1.82, 2.24) is 19.1 Å². The van der Waals surface area contributed by atoms with E-state index in [-0.39, 0.29) is 0 Å². The lowest BCUT2D eigenvalue weighted by molar-refractivity contribution is 1.06. The molecule has 3 aromatic heterocycles. The molecule has 10 aromatic rings. The van der Waals surface area contributed by atoms with Gasteiger partial charge in [-0.05, 0) is 70.9 Å². The zero-order chi connectivity index (χ0) is 35.5. The highest BCUT2D eigenvalue weighted by atomic mass is 15.0. The minimum Gasteiger partial charge on any atom is -0.309 e. The summed E-state index contributed by atoms with van der Waals surface area (Å²) >= 11 is 0. The molecule has 0 atom stereocenters.